The van der Waals surface area contributed by atoms with Crippen LogP contribution in [0.4, 0.5) is 0 Å². The van der Waals surface area contributed by atoms with E-state index in [1.54, 1.807) is 7.11 Å². The molecule has 1 aliphatic heterocycles. The molecule has 2 heteroatoms. The zero-order valence-corrected chi connectivity index (χ0v) is 7.84. The summed E-state index contributed by atoms with van der Waals surface area (Å²) in [5.74, 6) is 0. The molecule has 1 saturated heterocycles. The third-order valence-corrected chi connectivity index (χ3v) is 2.45. The normalized spacial score (nSPS) is 26.7. The van der Waals surface area contributed by atoms with Crippen molar-refractivity contribution in [3.63, 3.8) is 0 Å². The van der Waals surface area contributed by atoms with Gasteiger partial charge in [0.05, 0.1) is 6.61 Å². The first-order chi connectivity index (χ1) is 5.25. The molecule has 2 nitrogen and oxygen atoms in total. The highest BCUT2D eigenvalue weighted by molar-refractivity contribution is 4.80. The van der Waals surface area contributed by atoms with Crippen LogP contribution in [0.5, 0.6) is 0 Å². The predicted octanol–water partition coefficient (Wildman–Crippen LogP) is 1.51. The molecule has 0 spiro atoms. The van der Waals surface area contributed by atoms with Crippen molar-refractivity contribution >= 4 is 0 Å². The van der Waals surface area contributed by atoms with Gasteiger partial charge in [-0.15, -0.1) is 0 Å². The van der Waals surface area contributed by atoms with Gasteiger partial charge in [0.25, 0.3) is 0 Å². The van der Waals surface area contributed by atoms with Crippen LogP contribution in [0.2, 0.25) is 0 Å². The van der Waals surface area contributed by atoms with E-state index in [1.165, 1.54) is 19.4 Å². The van der Waals surface area contributed by atoms with Crippen LogP contribution >= 0.6 is 0 Å². The fourth-order valence-electron chi connectivity index (χ4n) is 1.91. The summed E-state index contributed by atoms with van der Waals surface area (Å²) in [5, 5.41) is 0. The van der Waals surface area contributed by atoms with E-state index in [1.807, 2.05) is 0 Å². The Morgan fingerprint density at radius 3 is 2.82 bits per heavy atom. The summed E-state index contributed by atoms with van der Waals surface area (Å²) in [5.41, 5.74) is 0. The topological polar surface area (TPSA) is 12.5 Å². The molecule has 1 aliphatic rings. The van der Waals surface area contributed by atoms with Gasteiger partial charge in [0.1, 0.15) is 0 Å². The summed E-state index contributed by atoms with van der Waals surface area (Å²) in [6.07, 6.45) is 2.65. The molecule has 0 unspecified atom stereocenters. The fourth-order valence-corrected chi connectivity index (χ4v) is 1.91. The van der Waals surface area contributed by atoms with E-state index in [0.29, 0.717) is 12.1 Å². The molecule has 0 amide bonds. The van der Waals surface area contributed by atoms with Gasteiger partial charge >= 0.3 is 0 Å². The summed E-state index contributed by atoms with van der Waals surface area (Å²) in [7, 11) is 1.79. The minimum Gasteiger partial charge on any atom is -0.383 e. The second-order valence-corrected chi connectivity index (χ2v) is 3.58. The van der Waals surface area contributed by atoms with Gasteiger partial charge in [0.2, 0.25) is 0 Å². The Labute approximate surface area is 69.5 Å². The van der Waals surface area contributed by atoms with E-state index in [0.717, 1.165) is 6.61 Å². The summed E-state index contributed by atoms with van der Waals surface area (Å²) < 4.78 is 5.16. The molecular weight excluding hydrogens is 138 g/mol. The molecule has 0 saturated carbocycles. The third-order valence-electron chi connectivity index (χ3n) is 2.45. The second-order valence-electron chi connectivity index (χ2n) is 3.58. The Morgan fingerprint density at radius 1 is 1.55 bits per heavy atom. The molecule has 0 aromatic carbocycles. The summed E-state index contributed by atoms with van der Waals surface area (Å²) >= 11 is 0. The van der Waals surface area contributed by atoms with Crippen LogP contribution < -0.4 is 0 Å². The Morgan fingerprint density at radius 2 is 2.27 bits per heavy atom. The van der Waals surface area contributed by atoms with Crippen LogP contribution in [0, 0.1) is 0 Å². The lowest BCUT2D eigenvalue weighted by Gasteiger charge is -2.27. The van der Waals surface area contributed by atoms with E-state index < -0.39 is 0 Å². The van der Waals surface area contributed by atoms with Gasteiger partial charge in [0, 0.05) is 19.2 Å². The first-order valence-electron chi connectivity index (χ1n) is 4.50. The molecule has 1 heterocycles. The maximum atomic E-state index is 5.16. The highest BCUT2D eigenvalue weighted by Crippen LogP contribution is 2.19. The number of rotatable bonds is 3. The Kier molecular flexibility index (Phi) is 3.34. The van der Waals surface area contributed by atoms with Crippen molar-refractivity contribution in [2.75, 3.05) is 20.3 Å². The van der Waals surface area contributed by atoms with Gasteiger partial charge in [-0.3, -0.25) is 4.90 Å². The average Bonchev–Trinajstić information content (AvgIpc) is 2.36. The molecule has 66 valence electrons. The largest absolute Gasteiger partial charge is 0.383 e. The lowest BCUT2D eigenvalue weighted by molar-refractivity contribution is 0.0984. The summed E-state index contributed by atoms with van der Waals surface area (Å²) in [6.45, 7) is 6.67. The number of methoxy groups -OCH3 is 1. The highest BCUT2D eigenvalue weighted by atomic mass is 16.5. The monoisotopic (exact) mass is 157 g/mol. The van der Waals surface area contributed by atoms with Gasteiger partial charge < -0.3 is 4.74 Å². The van der Waals surface area contributed by atoms with E-state index in [-0.39, 0.29) is 0 Å². The quantitative estimate of drug-likeness (QED) is 0.615. The van der Waals surface area contributed by atoms with Gasteiger partial charge in [-0.2, -0.15) is 0 Å². The van der Waals surface area contributed by atoms with Crippen LogP contribution in [-0.4, -0.2) is 37.2 Å². The zero-order valence-electron chi connectivity index (χ0n) is 7.84. The molecule has 1 atom stereocenters. The van der Waals surface area contributed by atoms with Crippen molar-refractivity contribution in [1.29, 1.82) is 0 Å². The standard InChI is InChI=1S/C9H19NO/c1-8(2)10-6-4-5-9(10)7-11-3/h8-9H,4-7H2,1-3H3/t9-/m1/s1. The van der Waals surface area contributed by atoms with Crippen LogP contribution in [0.3, 0.4) is 0 Å². The third kappa shape index (κ3) is 2.17. The molecule has 0 aliphatic carbocycles. The van der Waals surface area contributed by atoms with Crippen LogP contribution in [0.25, 0.3) is 0 Å². The number of hydrogen-bond donors (Lipinski definition) is 0. The van der Waals surface area contributed by atoms with E-state index >= 15 is 0 Å². The van der Waals surface area contributed by atoms with E-state index in [4.69, 9.17) is 4.74 Å². The maximum absolute atomic E-state index is 5.16. The smallest absolute Gasteiger partial charge is 0.0618 e. The Bertz CT molecular complexity index is 114. The maximum Gasteiger partial charge on any atom is 0.0618 e. The van der Waals surface area contributed by atoms with E-state index in [9.17, 15) is 0 Å². The molecule has 0 aromatic heterocycles. The van der Waals surface area contributed by atoms with Gasteiger partial charge in [-0.25, -0.2) is 0 Å². The lowest BCUT2D eigenvalue weighted by atomic mass is 10.2. The summed E-state index contributed by atoms with van der Waals surface area (Å²) in [6, 6.07) is 1.36. The zero-order chi connectivity index (χ0) is 8.27. The minimum atomic E-state index is 0.678. The van der Waals surface area contributed by atoms with Crippen molar-refractivity contribution in [2.24, 2.45) is 0 Å². The van der Waals surface area contributed by atoms with Gasteiger partial charge in [0.15, 0.2) is 0 Å². The van der Waals surface area contributed by atoms with Gasteiger partial charge in [-0.1, -0.05) is 0 Å². The number of ether oxygens (including phenoxy) is 1. The molecular formula is C9H19NO. The van der Waals surface area contributed by atoms with Crippen molar-refractivity contribution in [1.82, 2.24) is 4.90 Å². The molecule has 0 bridgehead atoms. The second kappa shape index (κ2) is 4.07. The first-order valence-corrected chi connectivity index (χ1v) is 4.50. The molecule has 0 N–H and O–H groups in total. The fraction of sp³-hybridized carbons (Fsp3) is 1.00. The molecule has 1 rings (SSSR count). The van der Waals surface area contributed by atoms with Crippen LogP contribution in [-0.2, 0) is 4.74 Å². The van der Waals surface area contributed by atoms with Crippen molar-refractivity contribution in [3.05, 3.63) is 0 Å². The minimum absolute atomic E-state index is 0.678. The summed E-state index contributed by atoms with van der Waals surface area (Å²) in [4.78, 5) is 2.53. The molecule has 11 heavy (non-hydrogen) atoms. The van der Waals surface area contributed by atoms with Crippen LogP contribution in [0.1, 0.15) is 26.7 Å². The lowest BCUT2D eigenvalue weighted by Crippen LogP contribution is -2.37. The van der Waals surface area contributed by atoms with Crippen LogP contribution in [0.15, 0.2) is 0 Å². The van der Waals surface area contributed by atoms with Crippen molar-refractivity contribution < 1.29 is 4.74 Å². The van der Waals surface area contributed by atoms with Gasteiger partial charge in [-0.05, 0) is 33.2 Å². The Balaban J connectivity index is 2.37. The average molecular weight is 157 g/mol. The predicted molar refractivity (Wildman–Crippen MR) is 46.7 cm³/mol. The highest BCUT2D eigenvalue weighted by Gasteiger charge is 2.25. The Hall–Kier alpha value is -0.0800. The van der Waals surface area contributed by atoms with E-state index in [2.05, 4.69) is 18.7 Å². The first kappa shape index (κ1) is 9.01. The van der Waals surface area contributed by atoms with Crippen molar-refractivity contribution in [3.8, 4) is 0 Å². The number of nitrogens with zero attached hydrogens (tertiary/aromatic N) is 1. The van der Waals surface area contributed by atoms with Crippen molar-refractivity contribution in [2.45, 2.75) is 38.8 Å². The number of likely N-dealkylation sites (tertiary alicyclic amines) is 1. The number of hydrogen-bond acceptors (Lipinski definition) is 2. The SMILES string of the molecule is COC[C@H]1CCCN1C(C)C. The molecule has 1 fully saturated rings. The molecule has 0 radical (unpaired) electrons. The molecule has 0 aromatic rings.